The molecule has 0 amide bonds. The summed E-state index contributed by atoms with van der Waals surface area (Å²) in [4.78, 5) is 6.44. The Morgan fingerprint density at radius 1 is 1.16 bits per heavy atom. The lowest BCUT2D eigenvalue weighted by Crippen LogP contribution is -2.19. The number of allylic oxidation sites excluding steroid dienone is 5. The lowest BCUT2D eigenvalue weighted by Gasteiger charge is -2.26. The predicted molar refractivity (Wildman–Crippen MR) is 166 cm³/mol. The summed E-state index contributed by atoms with van der Waals surface area (Å²) < 4.78 is 0. The molecule has 0 saturated heterocycles. The van der Waals surface area contributed by atoms with E-state index in [1.165, 1.54) is 22.3 Å². The van der Waals surface area contributed by atoms with E-state index in [2.05, 4.69) is 70.5 Å². The monoisotopic (exact) mass is 510 g/mol. The molecule has 2 aromatic rings. The second-order valence-electron chi connectivity index (χ2n) is 9.02. The minimum absolute atomic E-state index is 0.721. The van der Waals surface area contributed by atoms with Gasteiger partial charge in [-0.3, -0.25) is 4.98 Å². The molecule has 0 atom stereocenters. The molecule has 0 aliphatic carbocycles. The maximum absolute atomic E-state index is 8.83. The van der Waals surface area contributed by atoms with Gasteiger partial charge in [0.1, 0.15) is 0 Å². The van der Waals surface area contributed by atoms with Crippen molar-refractivity contribution in [2.75, 3.05) is 4.90 Å². The second-order valence-corrected chi connectivity index (χ2v) is 9.02. The van der Waals surface area contributed by atoms with E-state index < -0.39 is 0 Å². The number of rotatable bonds is 7. The van der Waals surface area contributed by atoms with Gasteiger partial charge in [0.15, 0.2) is 0 Å². The van der Waals surface area contributed by atoms with Gasteiger partial charge in [0.25, 0.3) is 0 Å². The molecule has 1 aliphatic heterocycles. The summed E-state index contributed by atoms with van der Waals surface area (Å²) in [5, 5.41) is 8.83. The molecule has 1 aliphatic rings. The Morgan fingerprint density at radius 3 is 2.42 bits per heavy atom. The van der Waals surface area contributed by atoms with Crippen LogP contribution in [0.4, 0.5) is 5.69 Å². The first-order valence-electron chi connectivity index (χ1n) is 13.7. The molecular formula is C34H46N4. The van der Waals surface area contributed by atoms with Crippen LogP contribution >= 0.6 is 0 Å². The fourth-order valence-electron chi connectivity index (χ4n) is 4.06. The Bertz CT molecular complexity index is 1240. The molecule has 3 rings (SSSR count). The first-order chi connectivity index (χ1) is 18.2. The van der Waals surface area contributed by atoms with Gasteiger partial charge in [-0.15, -0.1) is 0 Å². The van der Waals surface area contributed by atoms with Gasteiger partial charge in [0, 0.05) is 35.0 Å². The first kappa shape index (κ1) is 32.2. The molecule has 4 heteroatoms. The summed E-state index contributed by atoms with van der Waals surface area (Å²) in [5.74, 6) is 0. The average Bonchev–Trinajstić information content (AvgIpc) is 2.91. The van der Waals surface area contributed by atoms with Crippen LogP contribution in [-0.4, -0.2) is 4.98 Å². The summed E-state index contributed by atoms with van der Waals surface area (Å²) in [7, 11) is 0. The highest BCUT2D eigenvalue weighted by Gasteiger charge is 2.14. The van der Waals surface area contributed by atoms with E-state index in [4.69, 9.17) is 11.0 Å². The smallest absolute Gasteiger partial charge is 0.0991 e. The first-order valence-corrected chi connectivity index (χ1v) is 13.7. The predicted octanol–water partition coefficient (Wildman–Crippen LogP) is 9.38. The van der Waals surface area contributed by atoms with E-state index in [0.29, 0.717) is 0 Å². The Balaban J connectivity index is 0.000000365. The molecule has 1 aromatic carbocycles. The van der Waals surface area contributed by atoms with Crippen molar-refractivity contribution in [3.05, 3.63) is 106 Å². The number of hydrogen-bond donors (Lipinski definition) is 1. The van der Waals surface area contributed by atoms with Crippen LogP contribution in [0.2, 0.25) is 0 Å². The molecule has 202 valence electrons. The maximum atomic E-state index is 8.83. The standard InChI is InChI=1S/C17H21N3.C15H19N.C2H6/c1-5-12(2)10-16-14(4)19-8-6-17(16)20-9-7-15(18)11-13(20)3;1-4-6-14(7-5-2)15-9-8-13(11-16)10-12(15)3;1-2/h6-11H,3,5,18H2,1-2,4H3;6,8-10H,4-5,7H2,1-3H3;1-2H3/b12-10+;14-6+;. The van der Waals surface area contributed by atoms with Crippen LogP contribution in [0.5, 0.6) is 0 Å². The summed E-state index contributed by atoms with van der Waals surface area (Å²) in [6, 6.07) is 10.1. The zero-order chi connectivity index (χ0) is 28.7. The number of benzene rings is 1. The number of aromatic nitrogens is 1. The third kappa shape index (κ3) is 9.23. The van der Waals surface area contributed by atoms with E-state index >= 15 is 0 Å². The lowest BCUT2D eigenvalue weighted by atomic mass is 9.95. The fourth-order valence-corrected chi connectivity index (χ4v) is 4.06. The van der Waals surface area contributed by atoms with Crippen molar-refractivity contribution in [1.29, 1.82) is 5.26 Å². The minimum atomic E-state index is 0.721. The average molecular weight is 511 g/mol. The van der Waals surface area contributed by atoms with E-state index in [-0.39, 0.29) is 0 Å². The summed E-state index contributed by atoms with van der Waals surface area (Å²) in [5.41, 5.74) is 16.6. The van der Waals surface area contributed by atoms with Crippen LogP contribution in [0, 0.1) is 25.2 Å². The molecule has 0 saturated carbocycles. The van der Waals surface area contributed by atoms with Gasteiger partial charge < -0.3 is 10.6 Å². The molecule has 0 bridgehead atoms. The summed E-state index contributed by atoms with van der Waals surface area (Å²) in [6.07, 6.45) is 16.4. The zero-order valence-corrected chi connectivity index (χ0v) is 24.7. The summed E-state index contributed by atoms with van der Waals surface area (Å²) >= 11 is 0. The molecule has 38 heavy (non-hydrogen) atoms. The molecule has 0 unspecified atom stereocenters. The molecular weight excluding hydrogens is 464 g/mol. The molecule has 0 fully saturated rings. The van der Waals surface area contributed by atoms with Crippen LogP contribution < -0.4 is 10.6 Å². The topological polar surface area (TPSA) is 65.9 Å². The van der Waals surface area contributed by atoms with Crippen LogP contribution in [0.15, 0.2) is 78.4 Å². The summed E-state index contributed by atoms with van der Waals surface area (Å²) in [6.45, 7) is 20.8. The van der Waals surface area contributed by atoms with Gasteiger partial charge in [0.05, 0.1) is 17.3 Å². The third-order valence-electron chi connectivity index (χ3n) is 6.10. The number of nitrogens with zero attached hydrogens (tertiary/aromatic N) is 3. The molecule has 0 spiro atoms. The van der Waals surface area contributed by atoms with Crippen LogP contribution in [0.1, 0.15) is 95.2 Å². The lowest BCUT2D eigenvalue weighted by molar-refractivity contribution is 0.965. The highest BCUT2D eigenvalue weighted by atomic mass is 15.1. The maximum Gasteiger partial charge on any atom is 0.0991 e. The molecule has 2 N–H and O–H groups in total. The van der Waals surface area contributed by atoms with Gasteiger partial charge in [-0.25, -0.2) is 0 Å². The highest BCUT2D eigenvalue weighted by Crippen LogP contribution is 2.30. The van der Waals surface area contributed by atoms with Crippen molar-refractivity contribution in [3.63, 3.8) is 0 Å². The molecule has 1 aromatic heterocycles. The van der Waals surface area contributed by atoms with Crippen molar-refractivity contribution in [1.82, 2.24) is 4.98 Å². The van der Waals surface area contributed by atoms with Gasteiger partial charge >= 0.3 is 0 Å². The Morgan fingerprint density at radius 2 is 1.87 bits per heavy atom. The number of nitriles is 1. The van der Waals surface area contributed by atoms with Crippen LogP contribution in [0.3, 0.4) is 0 Å². The van der Waals surface area contributed by atoms with Gasteiger partial charge in [-0.05, 0) is 87.1 Å². The van der Waals surface area contributed by atoms with Crippen LogP contribution in [0.25, 0.3) is 11.6 Å². The van der Waals surface area contributed by atoms with Crippen molar-refractivity contribution >= 4 is 17.3 Å². The highest BCUT2D eigenvalue weighted by molar-refractivity contribution is 5.74. The van der Waals surface area contributed by atoms with E-state index in [9.17, 15) is 0 Å². The number of anilines is 1. The van der Waals surface area contributed by atoms with Crippen molar-refractivity contribution in [2.24, 2.45) is 5.73 Å². The largest absolute Gasteiger partial charge is 0.399 e. The second kappa shape index (κ2) is 16.8. The van der Waals surface area contributed by atoms with Crippen molar-refractivity contribution in [3.8, 4) is 6.07 Å². The normalized spacial score (nSPS) is 13.1. The number of aryl methyl sites for hydroxylation is 2. The van der Waals surface area contributed by atoms with Gasteiger partial charge in [0.2, 0.25) is 0 Å². The minimum Gasteiger partial charge on any atom is -0.399 e. The van der Waals surface area contributed by atoms with E-state index in [1.54, 1.807) is 0 Å². The molecule has 0 radical (unpaired) electrons. The number of hydrogen-bond acceptors (Lipinski definition) is 4. The Labute approximate surface area is 231 Å². The number of nitrogens with two attached hydrogens (primary N) is 1. The van der Waals surface area contributed by atoms with Gasteiger partial charge in [-0.2, -0.15) is 5.26 Å². The molecule has 4 nitrogen and oxygen atoms in total. The van der Waals surface area contributed by atoms with Crippen molar-refractivity contribution in [2.45, 2.75) is 81.1 Å². The van der Waals surface area contributed by atoms with E-state index in [1.807, 2.05) is 68.4 Å². The Kier molecular flexibility index (Phi) is 14.2. The number of pyridine rings is 1. The van der Waals surface area contributed by atoms with Gasteiger partial charge in [-0.1, -0.05) is 71.4 Å². The Hall–Kier alpha value is -3.84. The fraction of sp³-hybridized carbons (Fsp3) is 0.353. The third-order valence-corrected chi connectivity index (χ3v) is 6.10. The quantitative estimate of drug-likeness (QED) is 0.403. The van der Waals surface area contributed by atoms with E-state index in [0.717, 1.165) is 59.6 Å². The SMILES string of the molecule is C=C1C=C(N)C=CN1c1ccnc(C)c1/C=C(\C)CC.CC.CC/C=C(\CCC)c1ccc(C#N)cc1C. The zero-order valence-electron chi connectivity index (χ0n) is 24.7. The van der Waals surface area contributed by atoms with Crippen LogP contribution in [-0.2, 0) is 0 Å². The molecule has 2 heterocycles. The van der Waals surface area contributed by atoms with Crippen molar-refractivity contribution < 1.29 is 0 Å².